The number of aromatic nitrogens is 2. The number of fused-ring (bicyclic) bond motifs is 1. The van der Waals surface area contributed by atoms with Crippen LogP contribution in [0.4, 0.5) is 0 Å². The fraction of sp³-hybridized carbons (Fsp3) is 0.333. The van der Waals surface area contributed by atoms with Gasteiger partial charge in [0.05, 0.1) is 5.69 Å². The van der Waals surface area contributed by atoms with Crippen molar-refractivity contribution in [3.63, 3.8) is 0 Å². The van der Waals surface area contributed by atoms with Crippen LogP contribution in [0, 0.1) is 6.92 Å². The van der Waals surface area contributed by atoms with Gasteiger partial charge in [-0.2, -0.15) is 0 Å². The molecule has 0 saturated carbocycles. The average molecular weight is 194 g/mol. The number of carbonyl (C=O) groups is 1. The van der Waals surface area contributed by atoms with Gasteiger partial charge in [-0.25, -0.2) is 4.98 Å². The van der Waals surface area contributed by atoms with Gasteiger partial charge in [0.1, 0.15) is 5.69 Å². The number of thiazole rings is 1. The first-order valence-corrected chi connectivity index (χ1v) is 5.00. The molecular weight excluding hydrogens is 184 g/mol. The van der Waals surface area contributed by atoms with E-state index < -0.39 is 0 Å². The lowest BCUT2D eigenvalue weighted by molar-refractivity contribution is 0.111. The molecule has 68 valence electrons. The van der Waals surface area contributed by atoms with Crippen LogP contribution >= 0.6 is 11.3 Å². The monoisotopic (exact) mass is 194 g/mol. The van der Waals surface area contributed by atoms with E-state index in [1.165, 1.54) is 4.88 Å². The van der Waals surface area contributed by atoms with E-state index in [-0.39, 0.29) is 0 Å². The van der Waals surface area contributed by atoms with Gasteiger partial charge in [-0.15, -0.1) is 11.3 Å². The third-order valence-electron chi connectivity index (χ3n) is 2.00. The zero-order valence-corrected chi connectivity index (χ0v) is 8.39. The summed E-state index contributed by atoms with van der Waals surface area (Å²) in [6.45, 7) is 4.02. The Labute approximate surface area is 80.0 Å². The number of carbonyl (C=O) groups excluding carboxylic acids is 1. The maximum atomic E-state index is 10.8. The van der Waals surface area contributed by atoms with Crippen molar-refractivity contribution in [2.45, 2.75) is 20.3 Å². The minimum atomic E-state index is 0.696. The van der Waals surface area contributed by atoms with Gasteiger partial charge in [0, 0.05) is 11.1 Å². The Balaban J connectivity index is 2.77. The quantitative estimate of drug-likeness (QED) is 0.686. The van der Waals surface area contributed by atoms with E-state index in [1.807, 2.05) is 24.4 Å². The van der Waals surface area contributed by atoms with Gasteiger partial charge in [-0.3, -0.25) is 9.20 Å². The van der Waals surface area contributed by atoms with Gasteiger partial charge in [0.2, 0.25) is 0 Å². The summed E-state index contributed by atoms with van der Waals surface area (Å²) in [5.74, 6) is 0. The minimum absolute atomic E-state index is 0.696. The van der Waals surface area contributed by atoms with Crippen LogP contribution in [-0.2, 0) is 6.42 Å². The second-order valence-corrected chi connectivity index (χ2v) is 4.12. The molecule has 0 unspecified atom stereocenters. The molecule has 0 amide bonds. The third-order valence-corrected chi connectivity index (χ3v) is 2.90. The van der Waals surface area contributed by atoms with Crippen molar-refractivity contribution in [3.05, 3.63) is 22.5 Å². The van der Waals surface area contributed by atoms with Crippen molar-refractivity contribution in [1.82, 2.24) is 9.38 Å². The minimum Gasteiger partial charge on any atom is -0.296 e. The van der Waals surface area contributed by atoms with Gasteiger partial charge >= 0.3 is 0 Å². The molecule has 2 aromatic rings. The van der Waals surface area contributed by atoms with E-state index in [2.05, 4.69) is 4.98 Å². The first-order chi connectivity index (χ1) is 6.26. The molecule has 0 atom stereocenters. The van der Waals surface area contributed by atoms with Crippen molar-refractivity contribution >= 4 is 22.6 Å². The molecular formula is C9H10N2OS. The molecule has 2 aromatic heterocycles. The molecule has 3 nitrogen and oxygen atoms in total. The normalized spacial score (nSPS) is 10.9. The molecule has 2 rings (SSSR count). The lowest BCUT2D eigenvalue weighted by Gasteiger charge is -1.90. The van der Waals surface area contributed by atoms with Crippen molar-refractivity contribution in [3.8, 4) is 0 Å². The van der Waals surface area contributed by atoms with E-state index in [4.69, 9.17) is 0 Å². The Hall–Kier alpha value is -1.16. The summed E-state index contributed by atoms with van der Waals surface area (Å²) in [7, 11) is 0. The Morgan fingerprint density at radius 3 is 3.08 bits per heavy atom. The fourth-order valence-corrected chi connectivity index (χ4v) is 2.25. The fourth-order valence-electron chi connectivity index (χ4n) is 1.40. The van der Waals surface area contributed by atoms with E-state index >= 15 is 0 Å². The highest BCUT2D eigenvalue weighted by Gasteiger charge is 2.11. The second-order valence-electron chi connectivity index (χ2n) is 2.91. The molecule has 0 saturated heterocycles. The summed E-state index contributed by atoms with van der Waals surface area (Å²) >= 11 is 1.61. The Kier molecular flexibility index (Phi) is 1.92. The number of nitrogens with zero attached hydrogens (tertiary/aromatic N) is 2. The van der Waals surface area contributed by atoms with Crippen molar-refractivity contribution in [2.75, 3.05) is 0 Å². The molecule has 0 aliphatic carbocycles. The zero-order valence-electron chi connectivity index (χ0n) is 7.57. The molecule has 0 radical (unpaired) electrons. The maximum Gasteiger partial charge on any atom is 0.194 e. The highest BCUT2D eigenvalue weighted by atomic mass is 32.1. The second kappa shape index (κ2) is 2.96. The molecule has 4 heteroatoms. The summed E-state index contributed by atoms with van der Waals surface area (Å²) in [4.78, 5) is 17.3. The summed E-state index contributed by atoms with van der Waals surface area (Å²) in [5.41, 5.74) is 1.59. The summed E-state index contributed by atoms with van der Waals surface area (Å²) in [6.07, 6.45) is 3.64. The smallest absolute Gasteiger partial charge is 0.194 e. The average Bonchev–Trinajstić information content (AvgIpc) is 2.59. The first kappa shape index (κ1) is 8.44. The van der Waals surface area contributed by atoms with Crippen LogP contribution in [0.25, 0.3) is 4.96 Å². The SMILES string of the molecule is CCc1nc2sc(C)cn2c1C=O. The summed E-state index contributed by atoms with van der Waals surface area (Å²) in [5, 5.41) is 0. The van der Waals surface area contributed by atoms with Gasteiger partial charge < -0.3 is 0 Å². The van der Waals surface area contributed by atoms with Gasteiger partial charge in [-0.1, -0.05) is 6.92 Å². The van der Waals surface area contributed by atoms with E-state index in [0.717, 1.165) is 23.4 Å². The predicted octanol–water partition coefficient (Wildman–Crippen LogP) is 2.08. The summed E-state index contributed by atoms with van der Waals surface area (Å²) < 4.78 is 1.87. The lowest BCUT2D eigenvalue weighted by atomic mass is 10.3. The molecule has 0 aliphatic heterocycles. The molecule has 0 N–H and O–H groups in total. The third kappa shape index (κ3) is 1.18. The molecule has 0 bridgehead atoms. The number of aryl methyl sites for hydroxylation is 2. The number of imidazole rings is 1. The Morgan fingerprint density at radius 2 is 2.46 bits per heavy atom. The first-order valence-electron chi connectivity index (χ1n) is 4.18. The molecule has 0 spiro atoms. The standard InChI is InChI=1S/C9H10N2OS/c1-3-7-8(5-12)11-4-6(2)13-9(11)10-7/h4-5H,3H2,1-2H3. The van der Waals surface area contributed by atoms with Crippen LogP contribution in [0.2, 0.25) is 0 Å². The van der Waals surface area contributed by atoms with Gasteiger partial charge in [-0.05, 0) is 13.3 Å². The number of rotatable bonds is 2. The summed E-state index contributed by atoms with van der Waals surface area (Å²) in [6, 6.07) is 0. The topological polar surface area (TPSA) is 34.4 Å². The lowest BCUT2D eigenvalue weighted by Crippen LogP contribution is -1.91. The van der Waals surface area contributed by atoms with E-state index in [9.17, 15) is 4.79 Å². The van der Waals surface area contributed by atoms with Crippen LogP contribution in [0.3, 0.4) is 0 Å². The largest absolute Gasteiger partial charge is 0.296 e. The van der Waals surface area contributed by atoms with Crippen LogP contribution in [0.15, 0.2) is 6.20 Å². The highest BCUT2D eigenvalue weighted by molar-refractivity contribution is 7.17. The van der Waals surface area contributed by atoms with Crippen LogP contribution in [-0.4, -0.2) is 15.7 Å². The molecule has 2 heterocycles. The molecule has 0 aromatic carbocycles. The number of hydrogen-bond acceptors (Lipinski definition) is 3. The predicted molar refractivity (Wildman–Crippen MR) is 52.6 cm³/mol. The number of hydrogen-bond donors (Lipinski definition) is 0. The van der Waals surface area contributed by atoms with Crippen LogP contribution in [0.1, 0.15) is 28.0 Å². The van der Waals surface area contributed by atoms with Crippen LogP contribution < -0.4 is 0 Å². The molecule has 0 aliphatic rings. The van der Waals surface area contributed by atoms with Gasteiger partial charge in [0.15, 0.2) is 11.2 Å². The molecule has 13 heavy (non-hydrogen) atoms. The van der Waals surface area contributed by atoms with Crippen molar-refractivity contribution in [2.24, 2.45) is 0 Å². The highest BCUT2D eigenvalue weighted by Crippen LogP contribution is 2.20. The maximum absolute atomic E-state index is 10.8. The Bertz CT molecular complexity index is 455. The van der Waals surface area contributed by atoms with E-state index in [1.54, 1.807) is 11.3 Å². The Morgan fingerprint density at radius 1 is 1.69 bits per heavy atom. The van der Waals surface area contributed by atoms with Crippen molar-refractivity contribution < 1.29 is 4.79 Å². The van der Waals surface area contributed by atoms with Crippen molar-refractivity contribution in [1.29, 1.82) is 0 Å². The van der Waals surface area contributed by atoms with Crippen LogP contribution in [0.5, 0.6) is 0 Å². The zero-order chi connectivity index (χ0) is 9.42. The molecule has 0 fully saturated rings. The number of aldehydes is 1. The van der Waals surface area contributed by atoms with Gasteiger partial charge in [0.25, 0.3) is 0 Å². The van der Waals surface area contributed by atoms with E-state index in [0.29, 0.717) is 5.69 Å².